The van der Waals surface area contributed by atoms with Crippen LogP contribution in [0.2, 0.25) is 0 Å². The number of carbonyl (C=O) groups is 1. The van der Waals surface area contributed by atoms with Crippen molar-refractivity contribution < 1.29 is 19.4 Å². The highest BCUT2D eigenvalue weighted by atomic mass is 16.6. The van der Waals surface area contributed by atoms with Crippen LogP contribution in [0.4, 0.5) is 0 Å². The molecule has 1 saturated carbocycles. The van der Waals surface area contributed by atoms with Gasteiger partial charge >= 0.3 is 5.97 Å². The van der Waals surface area contributed by atoms with Crippen molar-refractivity contribution in [2.45, 2.75) is 76.8 Å². The van der Waals surface area contributed by atoms with Gasteiger partial charge in [-0.15, -0.1) is 0 Å². The van der Waals surface area contributed by atoms with E-state index < -0.39 is 17.3 Å². The average Bonchev–Trinajstić information content (AvgIpc) is 3.15. The fraction of sp³-hybridized carbons (Fsp3) is 0.640. The van der Waals surface area contributed by atoms with E-state index >= 15 is 0 Å². The maximum Gasteiger partial charge on any atom is 0.331 e. The summed E-state index contributed by atoms with van der Waals surface area (Å²) in [5.41, 5.74) is -0.164. The molecule has 2 saturated heterocycles. The van der Waals surface area contributed by atoms with Crippen LogP contribution in [0.15, 0.2) is 36.4 Å². The molecule has 158 valence electrons. The third-order valence-electron chi connectivity index (χ3n) is 7.49. The molecule has 2 heterocycles. The molecule has 1 N–H and O–H groups in total. The SMILES string of the molecule is CC(C)CC12CC(O)C(C)(O1)C1CCC(C)C1C2OC(=O)/C=C/c1ccccc1. The van der Waals surface area contributed by atoms with Gasteiger partial charge < -0.3 is 14.6 Å². The number of benzene rings is 1. The second kappa shape index (κ2) is 7.55. The number of ether oxygens (including phenoxy) is 2. The number of hydrogen-bond donors (Lipinski definition) is 1. The van der Waals surface area contributed by atoms with Crippen LogP contribution in [0.5, 0.6) is 0 Å². The maximum atomic E-state index is 12.8. The summed E-state index contributed by atoms with van der Waals surface area (Å²) in [7, 11) is 0. The Hall–Kier alpha value is -1.65. The number of fused-ring (bicyclic) bond motifs is 4. The van der Waals surface area contributed by atoms with Crippen LogP contribution in [0.25, 0.3) is 6.08 Å². The molecule has 3 fully saturated rings. The van der Waals surface area contributed by atoms with Crippen molar-refractivity contribution in [2.75, 3.05) is 0 Å². The first-order valence-corrected chi connectivity index (χ1v) is 11.1. The Balaban J connectivity index is 1.63. The molecule has 4 heteroatoms. The highest BCUT2D eigenvalue weighted by molar-refractivity contribution is 5.87. The lowest BCUT2D eigenvalue weighted by Crippen LogP contribution is -2.60. The van der Waals surface area contributed by atoms with E-state index in [9.17, 15) is 9.90 Å². The Bertz CT molecular complexity index is 772. The molecule has 29 heavy (non-hydrogen) atoms. The van der Waals surface area contributed by atoms with E-state index in [1.165, 1.54) is 6.08 Å². The van der Waals surface area contributed by atoms with E-state index in [1.54, 1.807) is 6.08 Å². The molecule has 7 atom stereocenters. The molecule has 0 aromatic heterocycles. The van der Waals surface area contributed by atoms with Crippen molar-refractivity contribution in [1.82, 2.24) is 0 Å². The molecule has 2 bridgehead atoms. The van der Waals surface area contributed by atoms with Gasteiger partial charge in [0, 0.05) is 18.4 Å². The molecule has 0 radical (unpaired) electrons. The van der Waals surface area contributed by atoms with Gasteiger partial charge in [0.15, 0.2) is 0 Å². The summed E-state index contributed by atoms with van der Waals surface area (Å²) in [5, 5.41) is 11.0. The first-order chi connectivity index (χ1) is 13.7. The monoisotopic (exact) mass is 398 g/mol. The van der Waals surface area contributed by atoms with Crippen LogP contribution in [-0.4, -0.2) is 34.5 Å². The predicted octanol–water partition coefficient (Wildman–Crippen LogP) is 4.61. The maximum absolute atomic E-state index is 12.8. The molecular weight excluding hydrogens is 364 g/mol. The third-order valence-corrected chi connectivity index (χ3v) is 7.49. The van der Waals surface area contributed by atoms with E-state index in [0.29, 0.717) is 18.3 Å². The quantitative estimate of drug-likeness (QED) is 0.581. The van der Waals surface area contributed by atoms with Gasteiger partial charge in [0.2, 0.25) is 0 Å². The lowest BCUT2D eigenvalue weighted by molar-refractivity contribution is -0.255. The summed E-state index contributed by atoms with van der Waals surface area (Å²) in [6, 6.07) is 9.77. The first kappa shape index (κ1) is 20.6. The molecule has 1 aromatic carbocycles. The smallest absolute Gasteiger partial charge is 0.331 e. The van der Waals surface area contributed by atoms with Crippen LogP contribution in [-0.2, 0) is 14.3 Å². The normalized spacial score (nSPS) is 41.1. The van der Waals surface area contributed by atoms with E-state index in [4.69, 9.17) is 9.47 Å². The number of esters is 1. The number of rotatable bonds is 5. The van der Waals surface area contributed by atoms with Gasteiger partial charge in [0.05, 0.1) is 11.7 Å². The van der Waals surface area contributed by atoms with Gasteiger partial charge in [-0.25, -0.2) is 4.79 Å². The van der Waals surface area contributed by atoms with Crippen molar-refractivity contribution in [2.24, 2.45) is 23.7 Å². The van der Waals surface area contributed by atoms with Crippen molar-refractivity contribution in [3.63, 3.8) is 0 Å². The molecular formula is C25H34O4. The molecule has 7 unspecified atom stereocenters. The minimum atomic E-state index is -0.599. The molecule has 0 amide bonds. The van der Waals surface area contributed by atoms with Gasteiger partial charge in [-0.1, -0.05) is 51.1 Å². The highest BCUT2D eigenvalue weighted by Gasteiger charge is 2.70. The number of aliphatic hydroxyl groups excluding tert-OH is 1. The fourth-order valence-corrected chi connectivity index (χ4v) is 6.34. The van der Waals surface area contributed by atoms with Crippen LogP contribution in [0.1, 0.15) is 58.9 Å². The second-order valence-corrected chi connectivity index (χ2v) is 10.0. The predicted molar refractivity (Wildman–Crippen MR) is 113 cm³/mol. The third kappa shape index (κ3) is 3.55. The van der Waals surface area contributed by atoms with E-state index in [-0.39, 0.29) is 23.9 Å². The Kier molecular flexibility index (Phi) is 5.37. The van der Waals surface area contributed by atoms with Crippen LogP contribution in [0, 0.1) is 23.7 Å². The molecule has 4 nitrogen and oxygen atoms in total. The van der Waals surface area contributed by atoms with Crippen molar-refractivity contribution in [1.29, 1.82) is 0 Å². The van der Waals surface area contributed by atoms with Crippen molar-refractivity contribution in [3.05, 3.63) is 42.0 Å². The average molecular weight is 399 g/mol. The van der Waals surface area contributed by atoms with E-state index in [2.05, 4.69) is 27.7 Å². The molecule has 0 spiro atoms. The summed E-state index contributed by atoms with van der Waals surface area (Å²) in [6.07, 6.45) is 5.93. The van der Waals surface area contributed by atoms with Crippen LogP contribution in [0.3, 0.4) is 0 Å². The van der Waals surface area contributed by atoms with Gasteiger partial charge in [0.1, 0.15) is 11.7 Å². The van der Waals surface area contributed by atoms with E-state index in [1.807, 2.05) is 30.3 Å². The van der Waals surface area contributed by atoms with Gasteiger partial charge in [0.25, 0.3) is 0 Å². The summed E-state index contributed by atoms with van der Waals surface area (Å²) in [5.74, 6) is 0.980. The Labute approximate surface area is 174 Å². The zero-order valence-corrected chi connectivity index (χ0v) is 18.0. The van der Waals surface area contributed by atoms with Gasteiger partial charge in [-0.05, 0) is 55.6 Å². The van der Waals surface area contributed by atoms with Crippen LogP contribution < -0.4 is 0 Å². The van der Waals surface area contributed by atoms with Crippen LogP contribution >= 0.6 is 0 Å². The lowest BCUT2D eigenvalue weighted by atomic mass is 9.70. The molecule has 3 aliphatic rings. The second-order valence-electron chi connectivity index (χ2n) is 10.0. The summed E-state index contributed by atoms with van der Waals surface area (Å²) in [4.78, 5) is 12.8. The highest BCUT2D eigenvalue weighted by Crippen LogP contribution is 2.62. The number of carbonyl (C=O) groups excluding carboxylic acids is 1. The largest absolute Gasteiger partial charge is 0.456 e. The Morgan fingerprint density at radius 1 is 1.31 bits per heavy atom. The molecule has 4 rings (SSSR count). The first-order valence-electron chi connectivity index (χ1n) is 11.1. The van der Waals surface area contributed by atoms with Crippen molar-refractivity contribution in [3.8, 4) is 0 Å². The zero-order valence-electron chi connectivity index (χ0n) is 18.0. The van der Waals surface area contributed by atoms with E-state index in [0.717, 1.165) is 24.8 Å². The Morgan fingerprint density at radius 2 is 2.03 bits per heavy atom. The topological polar surface area (TPSA) is 55.8 Å². The van der Waals surface area contributed by atoms with Crippen molar-refractivity contribution >= 4 is 12.0 Å². The number of aliphatic hydroxyl groups is 1. The minimum Gasteiger partial charge on any atom is -0.456 e. The zero-order chi connectivity index (χ0) is 20.8. The summed E-state index contributed by atoms with van der Waals surface area (Å²) in [6.45, 7) is 8.66. The fourth-order valence-electron chi connectivity index (χ4n) is 6.34. The van der Waals surface area contributed by atoms with Gasteiger partial charge in [-0.2, -0.15) is 0 Å². The molecule has 1 aliphatic carbocycles. The molecule has 2 aliphatic heterocycles. The number of hydrogen-bond acceptors (Lipinski definition) is 4. The van der Waals surface area contributed by atoms with Gasteiger partial charge in [-0.3, -0.25) is 0 Å². The molecule has 1 aromatic rings. The standard InChI is InChI=1S/C25H34O4/c1-16(2)14-25-15-20(26)24(4,29-25)19-12-10-17(3)22(19)23(25)28-21(27)13-11-18-8-6-5-7-9-18/h5-9,11,13,16-17,19-20,22-23,26H,10,12,14-15H2,1-4H3/b13-11+. The minimum absolute atomic E-state index is 0.228. The summed E-state index contributed by atoms with van der Waals surface area (Å²) < 4.78 is 12.8. The summed E-state index contributed by atoms with van der Waals surface area (Å²) >= 11 is 0. The lowest BCUT2D eigenvalue weighted by Gasteiger charge is -2.52. The Morgan fingerprint density at radius 3 is 2.72 bits per heavy atom.